The molecular formula is C19H19BrClNO2. The number of halogens is 2. The minimum atomic E-state index is -0.547. The van der Waals surface area contributed by atoms with Crippen molar-refractivity contribution in [1.29, 1.82) is 0 Å². The van der Waals surface area contributed by atoms with Crippen LogP contribution in [0.2, 0.25) is 5.02 Å². The molecule has 1 saturated heterocycles. The number of nitrogens with one attached hydrogen (secondary N) is 1. The quantitative estimate of drug-likeness (QED) is 0.811. The Morgan fingerprint density at radius 2 is 1.88 bits per heavy atom. The summed E-state index contributed by atoms with van der Waals surface area (Å²) in [5, 5.41) is 3.78. The molecule has 0 spiro atoms. The van der Waals surface area contributed by atoms with E-state index in [9.17, 15) is 4.79 Å². The fraction of sp³-hybridized carbons (Fsp3) is 0.316. The van der Waals surface area contributed by atoms with Gasteiger partial charge in [-0.15, -0.1) is 0 Å². The van der Waals surface area contributed by atoms with Crippen molar-refractivity contribution in [2.24, 2.45) is 0 Å². The fourth-order valence-electron chi connectivity index (χ4n) is 3.13. The van der Waals surface area contributed by atoms with Crippen LogP contribution in [0.5, 0.6) is 0 Å². The van der Waals surface area contributed by atoms with Gasteiger partial charge in [-0.3, -0.25) is 4.79 Å². The van der Waals surface area contributed by atoms with Crippen molar-refractivity contribution in [2.75, 3.05) is 13.2 Å². The Hall–Kier alpha value is -1.36. The van der Waals surface area contributed by atoms with Gasteiger partial charge < -0.3 is 10.1 Å². The molecule has 3 nitrogen and oxygen atoms in total. The van der Waals surface area contributed by atoms with E-state index in [2.05, 4.69) is 21.2 Å². The molecule has 2 aromatic rings. The average molecular weight is 409 g/mol. The van der Waals surface area contributed by atoms with Gasteiger partial charge in [0.15, 0.2) is 0 Å². The lowest BCUT2D eigenvalue weighted by molar-refractivity contribution is -0.130. The predicted molar refractivity (Wildman–Crippen MR) is 99.2 cm³/mol. The molecule has 1 amide bonds. The Bertz CT molecular complexity index is 712. The Morgan fingerprint density at radius 3 is 2.54 bits per heavy atom. The zero-order valence-corrected chi connectivity index (χ0v) is 15.6. The lowest BCUT2D eigenvalue weighted by Gasteiger charge is -2.36. The molecule has 0 atom stereocenters. The van der Waals surface area contributed by atoms with Gasteiger partial charge in [0.25, 0.3) is 0 Å². The van der Waals surface area contributed by atoms with Crippen molar-refractivity contribution in [3.8, 4) is 0 Å². The number of benzene rings is 2. The maximum atomic E-state index is 13.1. The number of carbonyl (C=O) groups is 1. The summed E-state index contributed by atoms with van der Waals surface area (Å²) in [4.78, 5) is 13.1. The van der Waals surface area contributed by atoms with Gasteiger partial charge in [0.2, 0.25) is 5.91 Å². The van der Waals surface area contributed by atoms with Crippen LogP contribution in [0, 0.1) is 0 Å². The number of hydrogen-bond donors (Lipinski definition) is 1. The van der Waals surface area contributed by atoms with Gasteiger partial charge in [0.1, 0.15) is 0 Å². The van der Waals surface area contributed by atoms with Crippen LogP contribution in [-0.2, 0) is 21.5 Å². The Morgan fingerprint density at radius 1 is 1.17 bits per heavy atom. The van der Waals surface area contributed by atoms with E-state index >= 15 is 0 Å². The molecule has 1 heterocycles. The summed E-state index contributed by atoms with van der Waals surface area (Å²) in [5.41, 5.74) is 1.52. The molecule has 0 radical (unpaired) electrons. The molecule has 0 saturated carbocycles. The third-order valence-corrected chi connectivity index (χ3v) is 5.27. The summed E-state index contributed by atoms with van der Waals surface area (Å²) in [5.74, 6) is 0.0492. The van der Waals surface area contributed by atoms with E-state index in [4.69, 9.17) is 16.3 Å². The van der Waals surface area contributed by atoms with Crippen molar-refractivity contribution < 1.29 is 9.53 Å². The molecule has 1 N–H and O–H groups in total. The first kappa shape index (κ1) is 17.5. The van der Waals surface area contributed by atoms with Crippen molar-refractivity contribution in [3.63, 3.8) is 0 Å². The van der Waals surface area contributed by atoms with E-state index in [1.807, 2.05) is 48.5 Å². The van der Waals surface area contributed by atoms with Crippen LogP contribution in [0.25, 0.3) is 0 Å². The van der Waals surface area contributed by atoms with Gasteiger partial charge in [-0.05, 0) is 48.2 Å². The molecule has 1 fully saturated rings. The zero-order chi connectivity index (χ0) is 17.0. The summed E-state index contributed by atoms with van der Waals surface area (Å²) in [6, 6.07) is 15.5. The second-order valence-corrected chi connectivity index (χ2v) is 7.37. The third-order valence-electron chi connectivity index (χ3n) is 4.52. The third kappa shape index (κ3) is 3.82. The van der Waals surface area contributed by atoms with Crippen LogP contribution in [0.1, 0.15) is 24.0 Å². The molecule has 2 aromatic carbocycles. The summed E-state index contributed by atoms with van der Waals surface area (Å²) in [6.45, 7) is 1.69. The lowest BCUT2D eigenvalue weighted by Crippen LogP contribution is -2.47. The van der Waals surface area contributed by atoms with Crippen molar-refractivity contribution >= 4 is 33.4 Å². The highest BCUT2D eigenvalue weighted by Gasteiger charge is 2.41. The summed E-state index contributed by atoms with van der Waals surface area (Å²) in [7, 11) is 0. The molecule has 5 heteroatoms. The SMILES string of the molecule is O=C(NCc1cccc(Br)c1)C1(c2ccc(Cl)cc2)CCOCC1. The van der Waals surface area contributed by atoms with E-state index in [0.717, 1.165) is 15.6 Å². The number of amides is 1. The second-order valence-electron chi connectivity index (χ2n) is 6.01. The van der Waals surface area contributed by atoms with Gasteiger partial charge in [-0.25, -0.2) is 0 Å². The predicted octanol–water partition coefficient (Wildman–Crippen LogP) is 4.47. The van der Waals surface area contributed by atoms with Crippen molar-refractivity contribution in [2.45, 2.75) is 24.8 Å². The summed E-state index contributed by atoms with van der Waals surface area (Å²) in [6.07, 6.45) is 1.36. The monoisotopic (exact) mass is 407 g/mol. The highest BCUT2D eigenvalue weighted by molar-refractivity contribution is 9.10. The largest absolute Gasteiger partial charge is 0.381 e. The normalized spacial score (nSPS) is 16.6. The zero-order valence-electron chi connectivity index (χ0n) is 13.2. The fourth-order valence-corrected chi connectivity index (χ4v) is 3.71. The van der Waals surface area contributed by atoms with E-state index < -0.39 is 5.41 Å². The smallest absolute Gasteiger partial charge is 0.231 e. The van der Waals surface area contributed by atoms with Gasteiger partial charge >= 0.3 is 0 Å². The molecular weight excluding hydrogens is 390 g/mol. The van der Waals surface area contributed by atoms with Crippen LogP contribution in [-0.4, -0.2) is 19.1 Å². The van der Waals surface area contributed by atoms with Gasteiger partial charge in [0.05, 0.1) is 5.41 Å². The first-order valence-corrected chi connectivity index (χ1v) is 9.14. The van der Waals surface area contributed by atoms with Gasteiger partial charge in [-0.1, -0.05) is 51.8 Å². The maximum absolute atomic E-state index is 13.1. The Balaban J connectivity index is 1.80. The number of rotatable bonds is 4. The van der Waals surface area contributed by atoms with Crippen LogP contribution < -0.4 is 5.32 Å². The van der Waals surface area contributed by atoms with E-state index in [1.54, 1.807) is 0 Å². The molecule has 0 aromatic heterocycles. The van der Waals surface area contributed by atoms with Crippen LogP contribution >= 0.6 is 27.5 Å². The van der Waals surface area contributed by atoms with Gasteiger partial charge in [-0.2, -0.15) is 0 Å². The van der Waals surface area contributed by atoms with Crippen LogP contribution in [0.4, 0.5) is 0 Å². The topological polar surface area (TPSA) is 38.3 Å². The first-order chi connectivity index (χ1) is 11.6. The average Bonchev–Trinajstić information content (AvgIpc) is 2.61. The molecule has 0 bridgehead atoms. The second kappa shape index (κ2) is 7.68. The molecule has 1 aliphatic heterocycles. The number of ether oxygens (including phenoxy) is 1. The summed E-state index contributed by atoms with van der Waals surface area (Å²) < 4.78 is 6.49. The molecule has 24 heavy (non-hydrogen) atoms. The molecule has 1 aliphatic rings. The highest BCUT2D eigenvalue weighted by atomic mass is 79.9. The number of hydrogen-bond acceptors (Lipinski definition) is 2. The molecule has 0 unspecified atom stereocenters. The molecule has 3 rings (SSSR count). The van der Waals surface area contributed by atoms with Gasteiger partial charge in [0, 0.05) is 29.3 Å². The number of carbonyl (C=O) groups excluding carboxylic acids is 1. The lowest BCUT2D eigenvalue weighted by atomic mass is 9.73. The highest BCUT2D eigenvalue weighted by Crippen LogP contribution is 2.35. The van der Waals surface area contributed by atoms with E-state index in [1.165, 1.54) is 0 Å². The Labute approximate surface area is 155 Å². The first-order valence-electron chi connectivity index (χ1n) is 7.97. The Kier molecular flexibility index (Phi) is 5.59. The van der Waals surface area contributed by atoms with E-state index in [-0.39, 0.29) is 5.91 Å². The van der Waals surface area contributed by atoms with Crippen LogP contribution in [0.3, 0.4) is 0 Å². The van der Waals surface area contributed by atoms with Crippen molar-refractivity contribution in [1.82, 2.24) is 5.32 Å². The van der Waals surface area contributed by atoms with Crippen molar-refractivity contribution in [3.05, 3.63) is 69.2 Å². The standard InChI is InChI=1S/C19H19BrClNO2/c20-16-3-1-2-14(12-16)13-22-18(23)19(8-10-24-11-9-19)15-4-6-17(21)7-5-15/h1-7,12H,8-11,13H2,(H,22,23). The minimum Gasteiger partial charge on any atom is -0.381 e. The maximum Gasteiger partial charge on any atom is 0.231 e. The van der Waals surface area contributed by atoms with E-state index in [0.29, 0.717) is 37.6 Å². The summed E-state index contributed by atoms with van der Waals surface area (Å²) >= 11 is 9.46. The van der Waals surface area contributed by atoms with Crippen LogP contribution in [0.15, 0.2) is 53.0 Å². The molecule has 126 valence electrons. The molecule has 0 aliphatic carbocycles. The minimum absolute atomic E-state index is 0.0492.